The zero-order valence-corrected chi connectivity index (χ0v) is 9.29. The number of rotatable bonds is 3. The number of hydrogen-bond donors (Lipinski definition) is 1. The molecule has 1 aliphatic heterocycles. The molecular weight excluding hydrogens is 176 g/mol. The van der Waals surface area contributed by atoms with Gasteiger partial charge in [-0.1, -0.05) is 6.08 Å². The minimum atomic E-state index is 0.0229. The number of carbonyl (C=O) groups excluding carboxylic acids is 1. The van der Waals surface area contributed by atoms with E-state index in [4.69, 9.17) is 0 Å². The van der Waals surface area contributed by atoms with E-state index in [2.05, 4.69) is 24.2 Å². The zero-order chi connectivity index (χ0) is 10.6. The zero-order valence-electron chi connectivity index (χ0n) is 9.29. The second-order valence-electron chi connectivity index (χ2n) is 4.14. The van der Waals surface area contributed by atoms with Gasteiger partial charge in [0.2, 0.25) is 5.91 Å². The molecule has 0 spiro atoms. The maximum absolute atomic E-state index is 11.2. The van der Waals surface area contributed by atoms with Crippen LogP contribution < -0.4 is 5.32 Å². The van der Waals surface area contributed by atoms with Crippen LogP contribution in [-0.4, -0.2) is 37.0 Å². The Hall–Kier alpha value is -0.830. The van der Waals surface area contributed by atoms with E-state index in [1.54, 1.807) is 12.2 Å². The molecule has 14 heavy (non-hydrogen) atoms. The van der Waals surface area contributed by atoms with Gasteiger partial charge in [-0.25, -0.2) is 0 Å². The molecule has 1 rings (SSSR count). The second kappa shape index (κ2) is 5.15. The van der Waals surface area contributed by atoms with E-state index in [1.807, 2.05) is 6.92 Å². The van der Waals surface area contributed by atoms with Gasteiger partial charge >= 0.3 is 0 Å². The van der Waals surface area contributed by atoms with Gasteiger partial charge in [-0.2, -0.15) is 0 Å². The molecule has 1 saturated heterocycles. The third kappa shape index (κ3) is 3.14. The standard InChI is InChI=1S/C11H20N2O/c1-4-5-11(14)12-7-10-6-9(2)13(3)8-10/h4-5,9-10H,6-8H2,1-3H3,(H,12,14)/b5-4+. The fourth-order valence-electron chi connectivity index (χ4n) is 1.93. The lowest BCUT2D eigenvalue weighted by atomic mass is 10.1. The average molecular weight is 196 g/mol. The van der Waals surface area contributed by atoms with Crippen LogP contribution in [0.3, 0.4) is 0 Å². The van der Waals surface area contributed by atoms with Gasteiger partial charge in [-0.15, -0.1) is 0 Å². The van der Waals surface area contributed by atoms with E-state index in [0.29, 0.717) is 12.0 Å². The van der Waals surface area contributed by atoms with Crippen molar-refractivity contribution in [2.45, 2.75) is 26.3 Å². The van der Waals surface area contributed by atoms with Crippen molar-refractivity contribution in [1.82, 2.24) is 10.2 Å². The van der Waals surface area contributed by atoms with Gasteiger partial charge < -0.3 is 10.2 Å². The van der Waals surface area contributed by atoms with E-state index >= 15 is 0 Å². The van der Waals surface area contributed by atoms with Gasteiger partial charge in [0.25, 0.3) is 0 Å². The van der Waals surface area contributed by atoms with Crippen molar-refractivity contribution in [3.8, 4) is 0 Å². The monoisotopic (exact) mass is 196 g/mol. The molecule has 1 fully saturated rings. The number of nitrogens with zero attached hydrogens (tertiary/aromatic N) is 1. The number of likely N-dealkylation sites (tertiary alicyclic amines) is 1. The van der Waals surface area contributed by atoms with Crippen LogP contribution in [0.1, 0.15) is 20.3 Å². The third-order valence-corrected chi connectivity index (χ3v) is 2.86. The molecule has 0 aromatic rings. The van der Waals surface area contributed by atoms with E-state index in [9.17, 15) is 4.79 Å². The highest BCUT2D eigenvalue weighted by Gasteiger charge is 2.25. The van der Waals surface area contributed by atoms with Gasteiger partial charge in [0.05, 0.1) is 0 Å². The predicted octanol–water partition coefficient (Wildman–Crippen LogP) is 1.02. The molecule has 80 valence electrons. The van der Waals surface area contributed by atoms with Crippen molar-refractivity contribution >= 4 is 5.91 Å². The molecule has 1 aliphatic rings. The van der Waals surface area contributed by atoms with E-state index in [0.717, 1.165) is 13.1 Å². The van der Waals surface area contributed by atoms with Crippen molar-refractivity contribution in [3.63, 3.8) is 0 Å². The number of hydrogen-bond acceptors (Lipinski definition) is 2. The molecule has 2 unspecified atom stereocenters. The molecule has 2 atom stereocenters. The maximum Gasteiger partial charge on any atom is 0.243 e. The Morgan fingerprint density at radius 1 is 1.64 bits per heavy atom. The van der Waals surface area contributed by atoms with E-state index in [-0.39, 0.29) is 5.91 Å². The number of nitrogens with one attached hydrogen (secondary N) is 1. The molecule has 0 aromatic heterocycles. The van der Waals surface area contributed by atoms with Crippen LogP contribution in [-0.2, 0) is 4.79 Å². The summed E-state index contributed by atoms with van der Waals surface area (Å²) in [6, 6.07) is 0.651. The molecule has 0 radical (unpaired) electrons. The second-order valence-corrected chi connectivity index (χ2v) is 4.14. The summed E-state index contributed by atoms with van der Waals surface area (Å²) in [4.78, 5) is 13.5. The highest BCUT2D eigenvalue weighted by atomic mass is 16.1. The first kappa shape index (κ1) is 11.2. The number of allylic oxidation sites excluding steroid dienone is 1. The fourth-order valence-corrected chi connectivity index (χ4v) is 1.93. The molecule has 1 heterocycles. The Kier molecular flexibility index (Phi) is 4.14. The Morgan fingerprint density at radius 2 is 2.36 bits per heavy atom. The first-order valence-corrected chi connectivity index (χ1v) is 5.24. The Balaban J connectivity index is 2.23. The van der Waals surface area contributed by atoms with Gasteiger partial charge in [0.15, 0.2) is 0 Å². The molecular formula is C11H20N2O. The van der Waals surface area contributed by atoms with Crippen LogP contribution in [0.5, 0.6) is 0 Å². The quantitative estimate of drug-likeness (QED) is 0.683. The third-order valence-electron chi connectivity index (χ3n) is 2.86. The van der Waals surface area contributed by atoms with Gasteiger partial charge in [-0.3, -0.25) is 4.79 Å². The minimum absolute atomic E-state index is 0.0229. The molecule has 1 amide bonds. The average Bonchev–Trinajstić information content (AvgIpc) is 2.44. The smallest absolute Gasteiger partial charge is 0.243 e. The molecule has 3 heteroatoms. The van der Waals surface area contributed by atoms with Crippen LogP contribution in [0.15, 0.2) is 12.2 Å². The van der Waals surface area contributed by atoms with Crippen molar-refractivity contribution in [1.29, 1.82) is 0 Å². The van der Waals surface area contributed by atoms with Crippen molar-refractivity contribution in [3.05, 3.63) is 12.2 Å². The lowest BCUT2D eigenvalue weighted by Gasteiger charge is -2.12. The lowest BCUT2D eigenvalue weighted by Crippen LogP contribution is -2.29. The summed E-state index contributed by atoms with van der Waals surface area (Å²) >= 11 is 0. The Morgan fingerprint density at radius 3 is 2.86 bits per heavy atom. The van der Waals surface area contributed by atoms with E-state index in [1.165, 1.54) is 6.42 Å². The number of amides is 1. The lowest BCUT2D eigenvalue weighted by molar-refractivity contribution is -0.116. The SMILES string of the molecule is C/C=C/C(=O)NCC1CC(C)N(C)C1. The first-order valence-electron chi connectivity index (χ1n) is 5.24. The summed E-state index contributed by atoms with van der Waals surface area (Å²) in [6.45, 7) is 5.98. The van der Waals surface area contributed by atoms with E-state index < -0.39 is 0 Å². The van der Waals surface area contributed by atoms with Crippen LogP contribution >= 0.6 is 0 Å². The van der Waals surface area contributed by atoms with Crippen LogP contribution in [0.2, 0.25) is 0 Å². The predicted molar refractivity (Wildman–Crippen MR) is 58.0 cm³/mol. The summed E-state index contributed by atoms with van der Waals surface area (Å²) in [7, 11) is 2.14. The molecule has 3 nitrogen and oxygen atoms in total. The maximum atomic E-state index is 11.2. The fraction of sp³-hybridized carbons (Fsp3) is 0.727. The highest BCUT2D eigenvalue weighted by molar-refractivity contribution is 5.87. The molecule has 0 aliphatic carbocycles. The van der Waals surface area contributed by atoms with Crippen LogP contribution in [0.25, 0.3) is 0 Å². The number of carbonyl (C=O) groups is 1. The molecule has 0 saturated carbocycles. The molecule has 1 N–H and O–H groups in total. The summed E-state index contributed by atoms with van der Waals surface area (Å²) in [6.07, 6.45) is 4.52. The highest BCUT2D eigenvalue weighted by Crippen LogP contribution is 2.19. The molecule has 0 bridgehead atoms. The largest absolute Gasteiger partial charge is 0.352 e. The van der Waals surface area contributed by atoms with Gasteiger partial charge in [-0.05, 0) is 39.3 Å². The Bertz CT molecular complexity index is 215. The van der Waals surface area contributed by atoms with Crippen molar-refractivity contribution in [2.24, 2.45) is 5.92 Å². The van der Waals surface area contributed by atoms with Crippen LogP contribution in [0.4, 0.5) is 0 Å². The van der Waals surface area contributed by atoms with Crippen LogP contribution in [0, 0.1) is 5.92 Å². The summed E-state index contributed by atoms with van der Waals surface area (Å²) in [5, 5.41) is 2.91. The summed E-state index contributed by atoms with van der Waals surface area (Å²) in [5.74, 6) is 0.638. The van der Waals surface area contributed by atoms with Gasteiger partial charge in [0, 0.05) is 19.1 Å². The van der Waals surface area contributed by atoms with Crippen molar-refractivity contribution < 1.29 is 4.79 Å². The topological polar surface area (TPSA) is 32.3 Å². The minimum Gasteiger partial charge on any atom is -0.352 e. The molecule has 0 aromatic carbocycles. The summed E-state index contributed by atoms with van der Waals surface area (Å²) in [5.41, 5.74) is 0. The summed E-state index contributed by atoms with van der Waals surface area (Å²) < 4.78 is 0. The van der Waals surface area contributed by atoms with Crippen molar-refractivity contribution in [2.75, 3.05) is 20.1 Å². The Labute approximate surface area is 86.2 Å². The normalized spacial score (nSPS) is 28.5. The first-order chi connectivity index (χ1) is 6.63. The van der Waals surface area contributed by atoms with Gasteiger partial charge in [0.1, 0.15) is 0 Å².